The summed E-state index contributed by atoms with van der Waals surface area (Å²) in [5.74, 6) is 0. The van der Waals surface area contributed by atoms with Crippen molar-refractivity contribution in [3.8, 4) is 44.5 Å². The zero-order chi connectivity index (χ0) is 29.1. The zero-order valence-corrected chi connectivity index (χ0v) is 24.5. The summed E-state index contributed by atoms with van der Waals surface area (Å²) in [6.07, 6.45) is 0. The van der Waals surface area contributed by atoms with Crippen molar-refractivity contribution in [2.24, 2.45) is 0 Å². The average molecular weight is 563 g/mol. The minimum absolute atomic E-state index is 0.482. The molecule has 6 aromatic carbocycles. The summed E-state index contributed by atoms with van der Waals surface area (Å²) in [6, 6.07) is 48.5. The second-order valence-electron chi connectivity index (χ2n) is 10.0. The lowest BCUT2D eigenvalue weighted by Gasteiger charge is -2.11. The van der Waals surface area contributed by atoms with Crippen LogP contribution < -0.4 is 5.46 Å². The molecule has 2 nitrogen and oxygen atoms in total. The molecule has 0 spiro atoms. The van der Waals surface area contributed by atoms with Crippen LogP contribution in [0, 0.1) is 0 Å². The van der Waals surface area contributed by atoms with Gasteiger partial charge in [-0.2, -0.15) is 0 Å². The molecule has 0 unspecified atom stereocenters. The maximum atomic E-state index is 9.70. The third kappa shape index (κ3) is 5.40. The molecule has 0 aliphatic rings. The van der Waals surface area contributed by atoms with Gasteiger partial charge >= 0.3 is 7.12 Å². The molecule has 0 atom stereocenters. The number of hydrogen-bond acceptors (Lipinski definition) is 3. The number of hydrogen-bond donors (Lipinski definition) is 2. The van der Waals surface area contributed by atoms with E-state index in [1.807, 2.05) is 43.4 Å². The molecular formula is C38H31BO2S. The van der Waals surface area contributed by atoms with Gasteiger partial charge in [-0.3, -0.25) is 0 Å². The quantitative estimate of drug-likeness (QED) is 0.205. The van der Waals surface area contributed by atoms with E-state index in [0.717, 1.165) is 16.7 Å². The summed E-state index contributed by atoms with van der Waals surface area (Å²) in [4.78, 5) is 0. The van der Waals surface area contributed by atoms with Crippen LogP contribution in [0.15, 0.2) is 140 Å². The first kappa shape index (κ1) is 27.7. The van der Waals surface area contributed by atoms with Crippen molar-refractivity contribution in [1.82, 2.24) is 0 Å². The summed E-state index contributed by atoms with van der Waals surface area (Å²) in [7, 11) is -1.50. The Bertz CT molecular complexity index is 1980. The number of rotatable bonds is 5. The first-order chi connectivity index (χ1) is 20.6. The Morgan fingerprint density at radius 2 is 1.00 bits per heavy atom. The maximum absolute atomic E-state index is 9.70. The van der Waals surface area contributed by atoms with Crippen LogP contribution in [0.1, 0.15) is 13.8 Å². The van der Waals surface area contributed by atoms with Crippen molar-refractivity contribution in [3.63, 3.8) is 0 Å². The van der Waals surface area contributed by atoms with Crippen LogP contribution in [0.3, 0.4) is 0 Å². The molecule has 204 valence electrons. The zero-order valence-electron chi connectivity index (χ0n) is 23.7. The highest BCUT2D eigenvalue weighted by Gasteiger charge is 2.16. The maximum Gasteiger partial charge on any atom is 0.488 e. The molecule has 0 aliphatic carbocycles. The Morgan fingerprint density at radius 3 is 1.69 bits per heavy atom. The smallest absolute Gasteiger partial charge is 0.423 e. The fourth-order valence-corrected chi connectivity index (χ4v) is 6.65. The fourth-order valence-electron chi connectivity index (χ4n) is 5.45. The van der Waals surface area contributed by atoms with Crippen molar-refractivity contribution >= 4 is 44.1 Å². The molecule has 0 bridgehead atoms. The predicted octanol–water partition coefficient (Wildman–Crippen LogP) is 9.43. The molecule has 7 rings (SSSR count). The largest absolute Gasteiger partial charge is 0.488 e. The summed E-state index contributed by atoms with van der Waals surface area (Å²) in [6.45, 7) is 4.00. The van der Waals surface area contributed by atoms with Gasteiger partial charge in [-0.15, -0.1) is 11.3 Å². The van der Waals surface area contributed by atoms with Crippen LogP contribution in [0.4, 0.5) is 0 Å². The minimum atomic E-state index is -1.50. The number of thiophene rings is 1. The van der Waals surface area contributed by atoms with Crippen molar-refractivity contribution in [2.75, 3.05) is 0 Å². The van der Waals surface area contributed by atoms with Gasteiger partial charge in [-0.1, -0.05) is 123 Å². The van der Waals surface area contributed by atoms with E-state index in [1.165, 1.54) is 48.0 Å². The van der Waals surface area contributed by atoms with Crippen molar-refractivity contribution in [2.45, 2.75) is 13.8 Å². The first-order valence-electron chi connectivity index (χ1n) is 14.3. The van der Waals surface area contributed by atoms with Gasteiger partial charge in [-0.05, 0) is 74.7 Å². The number of fused-ring (bicyclic) bond motifs is 3. The fraction of sp³-hybridized carbons (Fsp3) is 0.0526. The van der Waals surface area contributed by atoms with E-state index in [9.17, 15) is 10.0 Å². The Balaban J connectivity index is 0.00000155. The molecule has 0 radical (unpaired) electrons. The summed E-state index contributed by atoms with van der Waals surface area (Å²) in [5.41, 5.74) is 9.59. The number of benzene rings is 6. The van der Waals surface area contributed by atoms with E-state index in [-0.39, 0.29) is 0 Å². The van der Waals surface area contributed by atoms with Gasteiger partial charge in [-0.25, -0.2) is 0 Å². The molecule has 0 saturated heterocycles. The van der Waals surface area contributed by atoms with Crippen molar-refractivity contribution < 1.29 is 10.0 Å². The normalized spacial score (nSPS) is 10.9. The molecule has 0 saturated carbocycles. The van der Waals surface area contributed by atoms with E-state index in [4.69, 9.17) is 0 Å². The molecule has 0 aliphatic heterocycles. The van der Waals surface area contributed by atoms with Gasteiger partial charge in [0.15, 0.2) is 0 Å². The van der Waals surface area contributed by atoms with Crippen LogP contribution in [-0.2, 0) is 0 Å². The van der Waals surface area contributed by atoms with Crippen LogP contribution in [-0.4, -0.2) is 17.2 Å². The van der Waals surface area contributed by atoms with E-state index in [1.54, 1.807) is 6.07 Å². The topological polar surface area (TPSA) is 40.5 Å². The van der Waals surface area contributed by atoms with Crippen molar-refractivity contribution in [3.05, 3.63) is 140 Å². The Kier molecular flexibility index (Phi) is 8.03. The molecule has 7 aromatic rings. The van der Waals surface area contributed by atoms with Gasteiger partial charge < -0.3 is 10.0 Å². The molecule has 4 heteroatoms. The molecule has 2 N–H and O–H groups in total. The van der Waals surface area contributed by atoms with Gasteiger partial charge in [0.05, 0.1) is 0 Å². The molecule has 1 aromatic heterocycles. The lowest BCUT2D eigenvalue weighted by molar-refractivity contribution is 0.426. The first-order valence-corrected chi connectivity index (χ1v) is 15.1. The second-order valence-corrected chi connectivity index (χ2v) is 11.1. The second kappa shape index (κ2) is 12.2. The minimum Gasteiger partial charge on any atom is -0.423 e. The molecule has 0 fully saturated rings. The highest BCUT2D eigenvalue weighted by molar-refractivity contribution is 7.26. The van der Waals surface area contributed by atoms with Crippen molar-refractivity contribution in [1.29, 1.82) is 0 Å². The highest BCUT2D eigenvalue weighted by atomic mass is 32.1. The third-order valence-electron chi connectivity index (χ3n) is 7.48. The summed E-state index contributed by atoms with van der Waals surface area (Å²) in [5, 5.41) is 21.9. The van der Waals surface area contributed by atoms with E-state index >= 15 is 0 Å². The van der Waals surface area contributed by atoms with Crippen LogP contribution >= 0.6 is 11.3 Å². The van der Waals surface area contributed by atoms with E-state index < -0.39 is 7.12 Å². The lowest BCUT2D eigenvalue weighted by Crippen LogP contribution is -2.29. The Labute approximate surface area is 251 Å². The van der Waals surface area contributed by atoms with Gasteiger partial charge in [0.25, 0.3) is 0 Å². The van der Waals surface area contributed by atoms with Gasteiger partial charge in [0, 0.05) is 25.7 Å². The molecule has 1 heterocycles. The standard InChI is InChI=1S/C36H25BO2S.C2H6/c38-37(39)31-16-8-14-27(20-31)26-13-7-15-29(19-26)32-22-30(25-11-5-2-6-12-25)23-34-33-21-28(24-9-3-1-4-10-24)17-18-35(33)40-36(32)34;1-2/h1-23,38-39H;1-2H3. The van der Waals surface area contributed by atoms with Crippen LogP contribution in [0.5, 0.6) is 0 Å². The molecule has 42 heavy (non-hydrogen) atoms. The predicted molar refractivity (Wildman–Crippen MR) is 182 cm³/mol. The van der Waals surface area contributed by atoms with Crippen LogP contribution in [0.25, 0.3) is 64.7 Å². The van der Waals surface area contributed by atoms with Gasteiger partial charge in [0.2, 0.25) is 0 Å². The van der Waals surface area contributed by atoms with E-state index in [2.05, 4.69) is 115 Å². The SMILES string of the molecule is CC.OB(O)c1cccc(-c2cccc(-c3cc(-c4ccccc4)cc4c3sc3ccc(-c5ccccc5)cc34)c2)c1. The van der Waals surface area contributed by atoms with Crippen LogP contribution in [0.2, 0.25) is 0 Å². The summed E-state index contributed by atoms with van der Waals surface area (Å²) >= 11 is 1.83. The highest BCUT2D eigenvalue weighted by Crippen LogP contribution is 2.44. The molecule has 0 amide bonds. The third-order valence-corrected chi connectivity index (χ3v) is 8.70. The lowest BCUT2D eigenvalue weighted by atomic mass is 9.79. The Hall–Kier alpha value is -4.48. The summed E-state index contributed by atoms with van der Waals surface area (Å²) < 4.78 is 2.53. The molecular weight excluding hydrogens is 531 g/mol. The Morgan fingerprint density at radius 1 is 0.452 bits per heavy atom. The average Bonchev–Trinajstić information content (AvgIpc) is 3.44. The monoisotopic (exact) mass is 562 g/mol. The van der Waals surface area contributed by atoms with E-state index in [0.29, 0.717) is 5.46 Å². The van der Waals surface area contributed by atoms with Gasteiger partial charge in [0.1, 0.15) is 0 Å².